The van der Waals surface area contributed by atoms with Gasteiger partial charge >= 0.3 is 0 Å². The summed E-state index contributed by atoms with van der Waals surface area (Å²) in [5.74, 6) is -0.979. The number of nitrogens with one attached hydrogen (secondary N) is 3. The monoisotopic (exact) mass is 793 g/mol. The quantitative estimate of drug-likeness (QED) is 0.0524. The highest BCUT2D eigenvalue weighted by Gasteiger charge is 2.29. The fraction of sp³-hybridized carbons (Fsp3) is 0.636. The second kappa shape index (κ2) is 25.2. The van der Waals surface area contributed by atoms with E-state index in [-0.39, 0.29) is 23.6 Å². The van der Waals surface area contributed by atoms with Crippen molar-refractivity contribution < 1.29 is 23.9 Å². The van der Waals surface area contributed by atoms with Gasteiger partial charge in [0.2, 0.25) is 0 Å². The molecule has 2 aromatic rings. The molecule has 1 unspecified atom stereocenters. The summed E-state index contributed by atoms with van der Waals surface area (Å²) in [5, 5.41) is 9.30. The number of unbranched alkanes of at least 4 members (excludes halogenated alkanes) is 18. The SMILES string of the molecule is O=C1NC(=O)c2c(CCCCCCCCCCCCBr)cccc21.O=C1NC(=O)c2c(CCCCCCCCCCCCC3CNCCO3)cccc21. The van der Waals surface area contributed by atoms with E-state index >= 15 is 0 Å². The maximum Gasteiger partial charge on any atom is 0.259 e. The molecule has 2 aromatic carbocycles. The minimum absolute atomic E-state index is 0.231. The molecule has 1 saturated heterocycles. The van der Waals surface area contributed by atoms with Gasteiger partial charge in [0.05, 0.1) is 35.0 Å². The number of hydrogen-bond donors (Lipinski definition) is 3. The Hall–Kier alpha value is -2.88. The molecule has 9 heteroatoms. The Labute approximate surface area is 326 Å². The fourth-order valence-electron chi connectivity index (χ4n) is 7.73. The highest BCUT2D eigenvalue weighted by Crippen LogP contribution is 2.24. The summed E-state index contributed by atoms with van der Waals surface area (Å²) in [6.45, 7) is 2.90. The van der Waals surface area contributed by atoms with E-state index in [2.05, 4.69) is 31.9 Å². The molecule has 3 N–H and O–H groups in total. The molecule has 3 aliphatic rings. The number of amides is 4. The van der Waals surface area contributed by atoms with E-state index in [0.29, 0.717) is 28.4 Å². The van der Waals surface area contributed by atoms with Crippen LogP contribution in [0.4, 0.5) is 0 Å². The van der Waals surface area contributed by atoms with Crippen molar-refractivity contribution in [1.82, 2.24) is 16.0 Å². The average molecular weight is 795 g/mol. The molecule has 0 spiro atoms. The molecular formula is C44H64BrN3O5. The summed E-state index contributed by atoms with van der Waals surface area (Å²) in [5.41, 5.74) is 4.31. The van der Waals surface area contributed by atoms with E-state index in [9.17, 15) is 19.2 Å². The molecule has 0 aliphatic carbocycles. The number of rotatable bonds is 25. The van der Waals surface area contributed by atoms with Crippen molar-refractivity contribution in [1.29, 1.82) is 0 Å². The summed E-state index contributed by atoms with van der Waals surface area (Å²) in [7, 11) is 0. The lowest BCUT2D eigenvalue weighted by molar-refractivity contribution is 0.0220. The predicted octanol–water partition coefficient (Wildman–Crippen LogP) is 9.80. The van der Waals surface area contributed by atoms with Crippen molar-refractivity contribution in [3.05, 3.63) is 69.8 Å². The van der Waals surface area contributed by atoms with Gasteiger partial charge in [0, 0.05) is 18.4 Å². The largest absolute Gasteiger partial charge is 0.376 e. The lowest BCUT2D eigenvalue weighted by Gasteiger charge is -2.23. The van der Waals surface area contributed by atoms with Crippen LogP contribution in [0.15, 0.2) is 36.4 Å². The second-order valence-electron chi connectivity index (χ2n) is 15.0. The van der Waals surface area contributed by atoms with Gasteiger partial charge in [0.1, 0.15) is 0 Å². The third-order valence-electron chi connectivity index (χ3n) is 10.8. The summed E-state index contributed by atoms with van der Waals surface area (Å²) in [6.07, 6.45) is 29.2. The van der Waals surface area contributed by atoms with Crippen LogP contribution in [0.25, 0.3) is 0 Å². The maximum absolute atomic E-state index is 11.9. The first-order valence-electron chi connectivity index (χ1n) is 20.8. The number of imide groups is 2. The third kappa shape index (κ3) is 15.1. The maximum atomic E-state index is 11.9. The van der Waals surface area contributed by atoms with E-state index in [0.717, 1.165) is 61.8 Å². The van der Waals surface area contributed by atoms with Crippen molar-refractivity contribution >= 4 is 39.6 Å². The minimum atomic E-state index is -0.258. The molecule has 0 saturated carbocycles. The zero-order chi connectivity index (χ0) is 37.5. The zero-order valence-electron chi connectivity index (χ0n) is 32.1. The van der Waals surface area contributed by atoms with Crippen molar-refractivity contribution in [2.75, 3.05) is 25.0 Å². The predicted molar refractivity (Wildman–Crippen MR) is 217 cm³/mol. The zero-order valence-corrected chi connectivity index (χ0v) is 33.6. The van der Waals surface area contributed by atoms with Crippen LogP contribution in [0.3, 0.4) is 0 Å². The highest BCUT2D eigenvalue weighted by atomic mass is 79.9. The Balaban J connectivity index is 0.000000241. The van der Waals surface area contributed by atoms with Crippen LogP contribution in [0, 0.1) is 0 Å². The highest BCUT2D eigenvalue weighted by molar-refractivity contribution is 9.09. The number of aryl methyl sites for hydroxylation is 2. The van der Waals surface area contributed by atoms with Gasteiger partial charge in [0.25, 0.3) is 23.6 Å². The standard InChI is InChI=1S/C24H36N2O3.C20H28BrNO2/c27-23-21-15-11-13-19(22(21)24(28)26-23)12-9-7-5-3-1-2-4-6-8-10-14-20-18-25-16-17-29-20;21-15-10-8-6-4-2-1-3-5-7-9-12-16-13-11-14-17-18(16)20(24)22-19(17)23/h11,13,15,20,25H,1-10,12,14,16-18H2,(H,26,27,28);11,13-14H,1-10,12,15H2,(H,22,23,24). The number of ether oxygens (including phenoxy) is 1. The number of halogens is 1. The molecule has 3 heterocycles. The fourth-order valence-corrected chi connectivity index (χ4v) is 8.13. The second-order valence-corrected chi connectivity index (χ2v) is 15.8. The van der Waals surface area contributed by atoms with Gasteiger partial charge in [-0.3, -0.25) is 29.8 Å². The molecule has 4 amide bonds. The lowest BCUT2D eigenvalue weighted by atomic mass is 9.97. The Morgan fingerprint density at radius 2 is 0.943 bits per heavy atom. The molecular weight excluding hydrogens is 730 g/mol. The van der Waals surface area contributed by atoms with Crippen molar-refractivity contribution in [3.8, 4) is 0 Å². The Morgan fingerprint density at radius 3 is 1.36 bits per heavy atom. The van der Waals surface area contributed by atoms with Crippen LogP contribution in [-0.4, -0.2) is 54.8 Å². The molecule has 1 atom stereocenters. The van der Waals surface area contributed by atoms with Gasteiger partial charge in [-0.25, -0.2) is 0 Å². The number of carbonyl (C=O) groups is 4. The Bertz CT molecular complexity index is 1440. The van der Waals surface area contributed by atoms with Crippen LogP contribution in [0.1, 0.15) is 187 Å². The van der Waals surface area contributed by atoms with E-state index in [1.807, 2.05) is 24.3 Å². The number of benzene rings is 2. The van der Waals surface area contributed by atoms with Crippen molar-refractivity contribution in [3.63, 3.8) is 0 Å². The lowest BCUT2D eigenvalue weighted by Crippen LogP contribution is -2.38. The van der Waals surface area contributed by atoms with Gasteiger partial charge in [-0.15, -0.1) is 0 Å². The first-order valence-corrected chi connectivity index (χ1v) is 21.9. The van der Waals surface area contributed by atoms with E-state index in [4.69, 9.17) is 4.74 Å². The summed E-state index contributed by atoms with van der Waals surface area (Å²) in [6, 6.07) is 11.2. The Morgan fingerprint density at radius 1 is 0.528 bits per heavy atom. The molecule has 3 aliphatic heterocycles. The van der Waals surface area contributed by atoms with Crippen LogP contribution in [-0.2, 0) is 17.6 Å². The molecule has 1 fully saturated rings. The molecule has 292 valence electrons. The Kier molecular flexibility index (Phi) is 20.4. The van der Waals surface area contributed by atoms with Crippen molar-refractivity contribution in [2.24, 2.45) is 0 Å². The number of fused-ring (bicyclic) bond motifs is 2. The van der Waals surface area contributed by atoms with Crippen LogP contribution in [0.2, 0.25) is 0 Å². The first-order chi connectivity index (χ1) is 26.0. The minimum Gasteiger partial charge on any atom is -0.376 e. The molecule has 0 aromatic heterocycles. The number of carbonyl (C=O) groups excluding carboxylic acids is 4. The molecule has 8 nitrogen and oxygen atoms in total. The first kappa shape index (κ1) is 42.9. The van der Waals surface area contributed by atoms with Gasteiger partial charge in [-0.2, -0.15) is 0 Å². The summed E-state index contributed by atoms with van der Waals surface area (Å²) >= 11 is 3.47. The van der Waals surface area contributed by atoms with Crippen LogP contribution in [0.5, 0.6) is 0 Å². The van der Waals surface area contributed by atoms with E-state index < -0.39 is 0 Å². The number of alkyl halides is 1. The van der Waals surface area contributed by atoms with Gasteiger partial charge in [-0.1, -0.05) is 149 Å². The van der Waals surface area contributed by atoms with Crippen LogP contribution >= 0.6 is 15.9 Å². The number of morpholine rings is 1. The number of hydrogen-bond acceptors (Lipinski definition) is 6. The molecule has 0 bridgehead atoms. The van der Waals surface area contributed by atoms with Gasteiger partial charge < -0.3 is 10.1 Å². The summed E-state index contributed by atoms with van der Waals surface area (Å²) in [4.78, 5) is 47.2. The van der Waals surface area contributed by atoms with Gasteiger partial charge in [0.15, 0.2) is 0 Å². The van der Waals surface area contributed by atoms with Gasteiger partial charge in [-0.05, 0) is 61.8 Å². The molecule has 5 rings (SSSR count). The topological polar surface area (TPSA) is 114 Å². The smallest absolute Gasteiger partial charge is 0.259 e. The summed E-state index contributed by atoms with van der Waals surface area (Å²) < 4.78 is 5.73. The molecule has 0 radical (unpaired) electrons. The average Bonchev–Trinajstić information content (AvgIpc) is 3.64. The third-order valence-corrected chi connectivity index (χ3v) is 11.3. The molecule has 53 heavy (non-hydrogen) atoms. The van der Waals surface area contributed by atoms with Crippen molar-refractivity contribution in [2.45, 2.75) is 154 Å². The normalized spacial score (nSPS) is 16.2. The van der Waals surface area contributed by atoms with E-state index in [1.165, 1.54) is 122 Å². The van der Waals surface area contributed by atoms with E-state index in [1.54, 1.807) is 12.1 Å². The van der Waals surface area contributed by atoms with Crippen LogP contribution < -0.4 is 16.0 Å².